The first-order valence-corrected chi connectivity index (χ1v) is 7.99. The van der Waals surface area contributed by atoms with Crippen LogP contribution in [0.5, 0.6) is 0 Å². The van der Waals surface area contributed by atoms with Crippen molar-refractivity contribution in [2.45, 2.75) is 32.9 Å². The van der Waals surface area contributed by atoms with Crippen molar-refractivity contribution in [2.75, 3.05) is 5.32 Å². The van der Waals surface area contributed by atoms with E-state index >= 15 is 0 Å². The molecule has 0 aliphatic heterocycles. The van der Waals surface area contributed by atoms with Crippen molar-refractivity contribution in [2.24, 2.45) is 0 Å². The van der Waals surface area contributed by atoms with Crippen LogP contribution in [0.1, 0.15) is 42.7 Å². The fourth-order valence-corrected chi connectivity index (χ4v) is 2.50. The summed E-state index contributed by atoms with van der Waals surface area (Å²) in [5, 5.41) is 4.52. The van der Waals surface area contributed by atoms with E-state index in [1.165, 1.54) is 13.0 Å². The van der Waals surface area contributed by atoms with Gasteiger partial charge in [0.2, 0.25) is 0 Å². The Morgan fingerprint density at radius 3 is 2.40 bits per heavy atom. The number of benzene rings is 2. The van der Waals surface area contributed by atoms with Gasteiger partial charge in [-0.2, -0.15) is 0 Å². The standard InChI is InChI=1S/C19H20F2N2O2/c1-11(14-7-8-17(20)18(21)10-14)22-12(2)19(25)23-16-6-4-5-15(9-16)13(3)24/h4-12,22H,1-3H3,(H,23,25)/p+1/t11-,12+/m1/s1. The Kier molecular flexibility index (Phi) is 5.98. The van der Waals surface area contributed by atoms with Crippen LogP contribution in [0.4, 0.5) is 14.5 Å². The lowest BCUT2D eigenvalue weighted by Crippen LogP contribution is -2.91. The average Bonchev–Trinajstić information content (AvgIpc) is 2.57. The smallest absolute Gasteiger partial charge is 0.282 e. The van der Waals surface area contributed by atoms with Crippen molar-refractivity contribution in [3.8, 4) is 0 Å². The second-order valence-electron chi connectivity index (χ2n) is 6.07. The summed E-state index contributed by atoms with van der Waals surface area (Å²) < 4.78 is 26.3. The van der Waals surface area contributed by atoms with Crippen molar-refractivity contribution in [1.82, 2.24) is 0 Å². The van der Waals surface area contributed by atoms with Crippen LogP contribution in [0.15, 0.2) is 42.5 Å². The fourth-order valence-electron chi connectivity index (χ4n) is 2.50. The molecule has 0 aliphatic rings. The molecule has 0 saturated carbocycles. The van der Waals surface area contributed by atoms with Gasteiger partial charge in [0.15, 0.2) is 23.5 Å². The lowest BCUT2D eigenvalue weighted by Gasteiger charge is -2.17. The van der Waals surface area contributed by atoms with Gasteiger partial charge in [-0.15, -0.1) is 0 Å². The quantitative estimate of drug-likeness (QED) is 0.790. The Morgan fingerprint density at radius 2 is 1.76 bits per heavy atom. The Labute approximate surface area is 145 Å². The van der Waals surface area contributed by atoms with Crippen LogP contribution in [-0.2, 0) is 4.79 Å². The van der Waals surface area contributed by atoms with Gasteiger partial charge in [0.05, 0.1) is 0 Å². The molecule has 0 bridgehead atoms. The summed E-state index contributed by atoms with van der Waals surface area (Å²) in [4.78, 5) is 23.7. The van der Waals surface area contributed by atoms with Gasteiger partial charge in [-0.3, -0.25) is 9.59 Å². The Balaban J connectivity index is 2.01. The Morgan fingerprint density at radius 1 is 1.04 bits per heavy atom. The lowest BCUT2D eigenvalue weighted by atomic mass is 10.1. The van der Waals surface area contributed by atoms with Crippen LogP contribution in [0, 0.1) is 11.6 Å². The van der Waals surface area contributed by atoms with Gasteiger partial charge in [0, 0.05) is 16.8 Å². The highest BCUT2D eigenvalue weighted by molar-refractivity contribution is 5.97. The molecule has 0 unspecified atom stereocenters. The van der Waals surface area contributed by atoms with Crippen molar-refractivity contribution in [3.05, 3.63) is 65.2 Å². The molecule has 4 nitrogen and oxygen atoms in total. The monoisotopic (exact) mass is 347 g/mol. The zero-order chi connectivity index (χ0) is 18.6. The molecular weight excluding hydrogens is 326 g/mol. The molecule has 2 atom stereocenters. The summed E-state index contributed by atoms with van der Waals surface area (Å²) in [6.07, 6.45) is 0. The number of carbonyl (C=O) groups excluding carboxylic acids is 2. The van der Waals surface area contributed by atoms with Crippen molar-refractivity contribution in [1.29, 1.82) is 0 Å². The van der Waals surface area contributed by atoms with Crippen LogP contribution in [0.2, 0.25) is 0 Å². The summed E-state index contributed by atoms with van der Waals surface area (Å²) in [7, 11) is 0. The summed E-state index contributed by atoms with van der Waals surface area (Å²) in [5.74, 6) is -2.12. The van der Waals surface area contributed by atoms with Gasteiger partial charge >= 0.3 is 0 Å². The highest BCUT2D eigenvalue weighted by atomic mass is 19.2. The maximum absolute atomic E-state index is 13.3. The van der Waals surface area contributed by atoms with Crippen LogP contribution < -0.4 is 10.6 Å². The predicted octanol–water partition coefficient (Wildman–Crippen LogP) is 2.82. The summed E-state index contributed by atoms with van der Waals surface area (Å²) in [6, 6.07) is 9.74. The van der Waals surface area contributed by atoms with Crippen molar-refractivity contribution in [3.63, 3.8) is 0 Å². The molecule has 3 N–H and O–H groups in total. The third-order valence-corrected chi connectivity index (χ3v) is 4.00. The zero-order valence-corrected chi connectivity index (χ0v) is 14.3. The molecule has 0 aromatic heterocycles. The van der Waals surface area contributed by atoms with E-state index in [4.69, 9.17) is 0 Å². The summed E-state index contributed by atoms with van der Waals surface area (Å²) in [5.41, 5.74) is 1.65. The number of carbonyl (C=O) groups is 2. The normalized spacial score (nSPS) is 13.2. The Hall–Kier alpha value is -2.60. The molecule has 2 aromatic carbocycles. The number of rotatable bonds is 6. The first kappa shape index (κ1) is 18.7. The van der Waals surface area contributed by atoms with Gasteiger partial charge in [0.1, 0.15) is 6.04 Å². The molecule has 0 aliphatic carbocycles. The molecule has 132 valence electrons. The van der Waals surface area contributed by atoms with Crippen LogP contribution >= 0.6 is 0 Å². The fraction of sp³-hybridized carbons (Fsp3) is 0.263. The molecule has 6 heteroatoms. The number of nitrogens with two attached hydrogens (primary N) is 1. The minimum atomic E-state index is -0.907. The van der Waals surface area contributed by atoms with E-state index in [9.17, 15) is 18.4 Å². The molecule has 2 aromatic rings. The molecule has 0 fully saturated rings. The molecule has 0 heterocycles. The van der Waals surface area contributed by atoms with E-state index in [1.807, 2.05) is 6.92 Å². The average molecular weight is 347 g/mol. The minimum Gasteiger partial charge on any atom is -0.330 e. The first-order valence-electron chi connectivity index (χ1n) is 7.99. The number of hydrogen-bond donors (Lipinski definition) is 2. The SMILES string of the molecule is CC(=O)c1cccc(NC(=O)[C@H](C)[NH2+][C@H](C)c2ccc(F)c(F)c2)c1. The van der Waals surface area contributed by atoms with E-state index < -0.39 is 17.7 Å². The number of hydrogen-bond acceptors (Lipinski definition) is 2. The van der Waals surface area contributed by atoms with E-state index in [-0.39, 0.29) is 17.7 Å². The van der Waals surface area contributed by atoms with Crippen LogP contribution in [0.3, 0.4) is 0 Å². The third-order valence-electron chi connectivity index (χ3n) is 4.00. The van der Waals surface area contributed by atoms with Gasteiger partial charge in [-0.05, 0) is 51.1 Å². The van der Waals surface area contributed by atoms with Crippen LogP contribution in [-0.4, -0.2) is 17.7 Å². The molecule has 25 heavy (non-hydrogen) atoms. The minimum absolute atomic E-state index is 0.0809. The molecule has 0 saturated heterocycles. The van der Waals surface area contributed by atoms with E-state index in [0.29, 0.717) is 16.8 Å². The number of halogens is 2. The molecular formula is C19H21F2N2O2+. The second kappa shape index (κ2) is 7.98. The molecule has 1 amide bonds. The number of anilines is 1. The van der Waals surface area contributed by atoms with Gasteiger partial charge < -0.3 is 10.6 Å². The lowest BCUT2D eigenvalue weighted by molar-refractivity contribution is -0.709. The molecule has 0 spiro atoms. The molecule has 2 rings (SSSR count). The maximum atomic E-state index is 13.3. The van der Waals surface area contributed by atoms with Gasteiger partial charge in [-0.25, -0.2) is 8.78 Å². The molecule has 0 radical (unpaired) electrons. The predicted molar refractivity (Wildman–Crippen MR) is 91.2 cm³/mol. The van der Waals surface area contributed by atoms with Gasteiger partial charge in [-0.1, -0.05) is 12.1 Å². The number of ketones is 1. The number of Topliss-reactive ketones (excluding diaryl/α,β-unsaturated/α-hetero) is 1. The Bertz CT molecular complexity index is 793. The van der Waals surface area contributed by atoms with Crippen molar-refractivity contribution < 1.29 is 23.7 Å². The highest BCUT2D eigenvalue weighted by Crippen LogP contribution is 2.14. The largest absolute Gasteiger partial charge is 0.330 e. The summed E-state index contributed by atoms with van der Waals surface area (Å²) >= 11 is 0. The van der Waals surface area contributed by atoms with E-state index in [2.05, 4.69) is 5.32 Å². The number of nitrogens with one attached hydrogen (secondary N) is 1. The number of quaternary nitrogens is 1. The highest BCUT2D eigenvalue weighted by Gasteiger charge is 2.21. The zero-order valence-electron chi connectivity index (χ0n) is 14.3. The van der Waals surface area contributed by atoms with Gasteiger partial charge in [0.25, 0.3) is 5.91 Å². The van der Waals surface area contributed by atoms with Crippen LogP contribution in [0.25, 0.3) is 0 Å². The van der Waals surface area contributed by atoms with Crippen molar-refractivity contribution >= 4 is 17.4 Å². The third kappa shape index (κ3) is 4.93. The van der Waals surface area contributed by atoms with E-state index in [0.717, 1.165) is 12.1 Å². The summed E-state index contributed by atoms with van der Waals surface area (Å²) in [6.45, 7) is 4.99. The second-order valence-corrected chi connectivity index (χ2v) is 6.07. The van der Waals surface area contributed by atoms with E-state index in [1.54, 1.807) is 36.5 Å². The number of amides is 1. The first-order chi connectivity index (χ1) is 11.8. The maximum Gasteiger partial charge on any atom is 0.282 e. The topological polar surface area (TPSA) is 62.8 Å².